The summed E-state index contributed by atoms with van der Waals surface area (Å²) in [5, 5.41) is 20.0. The van der Waals surface area contributed by atoms with Gasteiger partial charge in [-0.05, 0) is 101 Å². The number of phenolic OH excluding ortho intramolecular Hbond substituents is 2. The number of nitrogens with zero attached hydrogens (tertiary/aromatic N) is 2. The first kappa shape index (κ1) is 32.8. The lowest BCUT2D eigenvalue weighted by Gasteiger charge is -2.35. The second-order valence-electron chi connectivity index (χ2n) is 10.3. The van der Waals surface area contributed by atoms with Crippen LogP contribution in [0.3, 0.4) is 0 Å². The Morgan fingerprint density at radius 2 is 1.76 bits per heavy atom. The molecule has 6 nitrogen and oxygen atoms in total. The van der Waals surface area contributed by atoms with E-state index in [4.69, 9.17) is 0 Å². The lowest BCUT2D eigenvalue weighted by atomic mass is 9.86. The van der Waals surface area contributed by atoms with E-state index < -0.39 is 0 Å². The standard InChI is InChI=1S/C29H41N3O3S.2BrH/c1-3-15-32(23-10-11-24-22(20-23)9-13-26(33)28(24)34)17-7-5-4-6-16-31(2)18-14-21-8-12-25-27(19-21)36-29(35)30-25;;/h8-9,12-13,19,23,33-34H,3-7,10-11,14-18,20H2,1-2H3,(H,30,35);2*1H. The number of rotatable bonds is 13. The van der Waals surface area contributed by atoms with E-state index in [0.717, 1.165) is 74.1 Å². The normalized spacial score (nSPS) is 14.9. The molecule has 9 heteroatoms. The Kier molecular flexibility index (Phi) is 13.8. The number of likely N-dealkylation sites (N-methyl/N-ethyl adjacent to an activating group) is 1. The number of hydrogen-bond donors (Lipinski definition) is 3. The van der Waals surface area contributed by atoms with E-state index >= 15 is 0 Å². The summed E-state index contributed by atoms with van der Waals surface area (Å²) in [6.07, 6.45) is 9.98. The van der Waals surface area contributed by atoms with Crippen molar-refractivity contribution in [2.24, 2.45) is 0 Å². The molecule has 1 unspecified atom stereocenters. The first-order chi connectivity index (χ1) is 17.4. The van der Waals surface area contributed by atoms with E-state index in [-0.39, 0.29) is 50.3 Å². The summed E-state index contributed by atoms with van der Waals surface area (Å²) in [7, 11) is 2.20. The molecule has 0 radical (unpaired) electrons. The number of aromatic amines is 1. The fraction of sp³-hybridized carbons (Fsp3) is 0.552. The number of H-pyrrole nitrogens is 1. The van der Waals surface area contributed by atoms with Crippen LogP contribution in [0.25, 0.3) is 10.2 Å². The Morgan fingerprint density at radius 1 is 1.00 bits per heavy atom. The fourth-order valence-electron chi connectivity index (χ4n) is 5.51. The van der Waals surface area contributed by atoms with Gasteiger partial charge in [0.2, 0.25) is 0 Å². The minimum absolute atomic E-state index is 0. The monoisotopic (exact) mass is 671 g/mol. The number of fused-ring (bicyclic) bond motifs is 2. The van der Waals surface area contributed by atoms with Crippen LogP contribution < -0.4 is 4.87 Å². The Hall–Kier alpha value is -1.39. The summed E-state index contributed by atoms with van der Waals surface area (Å²) in [5.41, 5.74) is 4.36. The number of unbranched alkanes of at least 4 members (excludes halogenated alkanes) is 3. The number of phenols is 2. The molecule has 0 amide bonds. The summed E-state index contributed by atoms with van der Waals surface area (Å²) < 4.78 is 1.05. The van der Waals surface area contributed by atoms with E-state index in [0.29, 0.717) is 6.04 Å². The van der Waals surface area contributed by atoms with Crippen LogP contribution >= 0.6 is 45.3 Å². The van der Waals surface area contributed by atoms with Crippen molar-refractivity contribution in [1.29, 1.82) is 0 Å². The highest BCUT2D eigenvalue weighted by atomic mass is 79.9. The maximum absolute atomic E-state index is 11.5. The number of thiazole rings is 1. The van der Waals surface area contributed by atoms with Crippen LogP contribution in [0.4, 0.5) is 0 Å². The highest BCUT2D eigenvalue weighted by Gasteiger charge is 2.26. The molecule has 0 bridgehead atoms. The Labute approximate surface area is 251 Å². The number of benzene rings is 2. The molecule has 212 valence electrons. The maximum atomic E-state index is 11.5. The van der Waals surface area contributed by atoms with Crippen LogP contribution in [-0.4, -0.2) is 64.3 Å². The summed E-state index contributed by atoms with van der Waals surface area (Å²) in [6, 6.07) is 10.4. The summed E-state index contributed by atoms with van der Waals surface area (Å²) in [4.78, 5) is 19.5. The molecule has 1 heterocycles. The van der Waals surface area contributed by atoms with Crippen LogP contribution in [0.2, 0.25) is 0 Å². The van der Waals surface area contributed by atoms with Gasteiger partial charge in [-0.2, -0.15) is 0 Å². The first-order valence-corrected chi connectivity index (χ1v) is 14.3. The minimum atomic E-state index is 0. The molecule has 4 rings (SSSR count). The van der Waals surface area contributed by atoms with Crippen molar-refractivity contribution in [2.45, 2.75) is 70.8 Å². The molecule has 38 heavy (non-hydrogen) atoms. The summed E-state index contributed by atoms with van der Waals surface area (Å²) in [5.74, 6) is 0.0823. The highest BCUT2D eigenvalue weighted by Crippen LogP contribution is 2.36. The van der Waals surface area contributed by atoms with Crippen LogP contribution in [0, 0.1) is 0 Å². The maximum Gasteiger partial charge on any atom is 0.305 e. The van der Waals surface area contributed by atoms with E-state index in [1.807, 2.05) is 12.1 Å². The molecule has 0 fully saturated rings. The Balaban J connectivity index is 0.00000253. The summed E-state index contributed by atoms with van der Waals surface area (Å²) in [6.45, 7) is 6.67. The van der Waals surface area contributed by atoms with Crippen molar-refractivity contribution in [2.75, 3.05) is 33.2 Å². The smallest absolute Gasteiger partial charge is 0.305 e. The van der Waals surface area contributed by atoms with Gasteiger partial charge in [-0.15, -0.1) is 34.0 Å². The predicted molar refractivity (Wildman–Crippen MR) is 170 cm³/mol. The van der Waals surface area contributed by atoms with Gasteiger partial charge < -0.3 is 25.0 Å². The molecular weight excluding hydrogens is 630 g/mol. The quantitative estimate of drug-likeness (QED) is 0.144. The third-order valence-corrected chi connectivity index (χ3v) is 8.42. The third-order valence-electron chi connectivity index (χ3n) is 7.57. The molecule has 1 aliphatic carbocycles. The average Bonchev–Trinajstić information content (AvgIpc) is 3.25. The first-order valence-electron chi connectivity index (χ1n) is 13.5. The van der Waals surface area contributed by atoms with Crippen LogP contribution in [0.5, 0.6) is 11.5 Å². The topological polar surface area (TPSA) is 79.8 Å². The van der Waals surface area contributed by atoms with Crippen molar-refractivity contribution >= 4 is 55.5 Å². The van der Waals surface area contributed by atoms with Crippen molar-refractivity contribution in [3.8, 4) is 11.5 Å². The molecule has 3 N–H and O–H groups in total. The molecule has 1 aromatic heterocycles. The Morgan fingerprint density at radius 3 is 2.53 bits per heavy atom. The zero-order valence-electron chi connectivity index (χ0n) is 22.6. The zero-order chi connectivity index (χ0) is 25.5. The molecule has 0 spiro atoms. The molecule has 0 aliphatic heterocycles. The van der Waals surface area contributed by atoms with Gasteiger partial charge in [0.1, 0.15) is 0 Å². The molecular formula is C29H43Br2N3O3S. The predicted octanol–water partition coefficient (Wildman–Crippen LogP) is 6.46. The number of halogens is 2. The second kappa shape index (κ2) is 16.0. The van der Waals surface area contributed by atoms with Gasteiger partial charge >= 0.3 is 4.87 Å². The van der Waals surface area contributed by atoms with E-state index in [2.05, 4.69) is 40.9 Å². The molecule has 1 aliphatic rings. The van der Waals surface area contributed by atoms with Gasteiger partial charge in [0.05, 0.1) is 10.2 Å². The Bertz CT molecular complexity index is 1200. The highest BCUT2D eigenvalue weighted by molar-refractivity contribution is 8.93. The molecule has 2 aromatic carbocycles. The second-order valence-corrected chi connectivity index (χ2v) is 11.3. The number of nitrogens with one attached hydrogen (secondary N) is 1. The number of aromatic nitrogens is 1. The van der Waals surface area contributed by atoms with Crippen molar-refractivity contribution < 1.29 is 10.2 Å². The third kappa shape index (κ3) is 8.81. The summed E-state index contributed by atoms with van der Waals surface area (Å²) >= 11 is 1.29. The molecule has 0 saturated heterocycles. The van der Waals surface area contributed by atoms with Crippen molar-refractivity contribution in [3.05, 3.63) is 56.7 Å². The van der Waals surface area contributed by atoms with Gasteiger partial charge in [-0.3, -0.25) is 4.79 Å². The van der Waals surface area contributed by atoms with Crippen LogP contribution in [0.1, 0.15) is 62.1 Å². The van der Waals surface area contributed by atoms with Crippen molar-refractivity contribution in [1.82, 2.24) is 14.8 Å². The van der Waals surface area contributed by atoms with Crippen molar-refractivity contribution in [3.63, 3.8) is 0 Å². The lowest BCUT2D eigenvalue weighted by molar-refractivity contribution is 0.175. The number of hydrogen-bond acceptors (Lipinski definition) is 6. The zero-order valence-corrected chi connectivity index (χ0v) is 26.8. The van der Waals surface area contributed by atoms with E-state index in [1.165, 1.54) is 48.1 Å². The van der Waals surface area contributed by atoms with E-state index in [9.17, 15) is 15.0 Å². The van der Waals surface area contributed by atoms with E-state index in [1.54, 1.807) is 6.07 Å². The van der Waals surface area contributed by atoms with Gasteiger partial charge in [0.15, 0.2) is 11.5 Å². The average molecular weight is 674 g/mol. The molecule has 3 aromatic rings. The van der Waals surface area contributed by atoms with Gasteiger partial charge in [-0.1, -0.05) is 43.2 Å². The van der Waals surface area contributed by atoms with Gasteiger partial charge in [0, 0.05) is 18.2 Å². The molecule has 0 saturated carbocycles. The minimum Gasteiger partial charge on any atom is -0.504 e. The number of aromatic hydroxyl groups is 2. The fourth-order valence-corrected chi connectivity index (χ4v) is 6.31. The SMILES string of the molecule is Br.Br.CCCN(CCCCCCN(C)CCc1ccc2[nH]c(=O)sc2c1)C1CCc2c(ccc(O)c2O)C1. The largest absolute Gasteiger partial charge is 0.504 e. The van der Waals surface area contributed by atoms with Crippen LogP contribution in [0.15, 0.2) is 35.1 Å². The van der Waals surface area contributed by atoms with Gasteiger partial charge in [0.25, 0.3) is 0 Å². The van der Waals surface area contributed by atoms with Gasteiger partial charge in [-0.25, -0.2) is 0 Å². The lowest BCUT2D eigenvalue weighted by Crippen LogP contribution is -2.40. The molecule has 1 atom stereocenters. The van der Waals surface area contributed by atoms with Crippen LogP contribution in [-0.2, 0) is 19.3 Å².